The summed E-state index contributed by atoms with van der Waals surface area (Å²) in [5.41, 5.74) is 2.44. The van der Waals surface area contributed by atoms with Crippen LogP contribution in [-0.2, 0) is 9.53 Å². The monoisotopic (exact) mass is 410 g/mol. The Morgan fingerprint density at radius 2 is 2.15 bits per heavy atom. The van der Waals surface area contributed by atoms with Crippen LogP contribution in [0.2, 0.25) is 5.02 Å². The van der Waals surface area contributed by atoms with Crippen LogP contribution in [0.3, 0.4) is 0 Å². The molecule has 9 heteroatoms. The maximum atomic E-state index is 12.3. The van der Waals surface area contributed by atoms with Crippen molar-refractivity contribution in [2.24, 2.45) is 0 Å². The number of amides is 1. The molecular formula is C17H15ClN2O4S2. The summed E-state index contributed by atoms with van der Waals surface area (Å²) >= 11 is 8.43. The Hall–Kier alpha value is -2.03. The van der Waals surface area contributed by atoms with E-state index in [4.69, 9.17) is 20.8 Å². The minimum absolute atomic E-state index is 0.0944. The molecule has 0 spiro atoms. The van der Waals surface area contributed by atoms with Crippen molar-refractivity contribution in [3.05, 3.63) is 39.2 Å². The number of nitrogens with one attached hydrogen (secondary N) is 1. The predicted molar refractivity (Wildman–Crippen MR) is 104 cm³/mol. The normalized spacial score (nSPS) is 10.9. The van der Waals surface area contributed by atoms with Gasteiger partial charge < -0.3 is 14.5 Å². The smallest absolute Gasteiger partial charge is 0.341 e. The molecule has 0 saturated heterocycles. The lowest BCUT2D eigenvalue weighted by Crippen LogP contribution is -2.16. The number of benzene rings is 1. The summed E-state index contributed by atoms with van der Waals surface area (Å²) in [6, 6.07) is 5.16. The summed E-state index contributed by atoms with van der Waals surface area (Å²) in [7, 11) is 1.32. The van der Waals surface area contributed by atoms with Crippen molar-refractivity contribution < 1.29 is 18.7 Å². The predicted octanol–water partition coefficient (Wildman–Crippen LogP) is 4.68. The second-order valence-corrected chi connectivity index (χ2v) is 8.00. The van der Waals surface area contributed by atoms with Crippen molar-refractivity contribution >= 4 is 62.7 Å². The van der Waals surface area contributed by atoms with Crippen LogP contribution in [0.4, 0.5) is 5.00 Å². The van der Waals surface area contributed by atoms with Crippen LogP contribution in [0.5, 0.6) is 0 Å². The van der Waals surface area contributed by atoms with Crippen molar-refractivity contribution in [1.82, 2.24) is 4.98 Å². The van der Waals surface area contributed by atoms with Gasteiger partial charge in [0.25, 0.3) is 5.22 Å². The van der Waals surface area contributed by atoms with E-state index in [0.29, 0.717) is 31.9 Å². The standard InChI is InChI=1S/C17H15ClN2O4S2/c1-8-9(2)26-15(14(8)16(22)23-3)20-13(21)7-25-17-19-11-5-4-10(18)6-12(11)24-17/h4-6H,7H2,1-3H3,(H,20,21). The number of esters is 1. The Kier molecular flexibility index (Phi) is 5.55. The molecule has 0 aliphatic rings. The molecule has 0 saturated carbocycles. The fourth-order valence-corrected chi connectivity index (χ4v) is 4.16. The lowest BCUT2D eigenvalue weighted by molar-refractivity contribution is -0.113. The second kappa shape index (κ2) is 7.69. The van der Waals surface area contributed by atoms with Crippen LogP contribution in [0, 0.1) is 13.8 Å². The van der Waals surface area contributed by atoms with Crippen molar-refractivity contribution in [3.8, 4) is 0 Å². The van der Waals surface area contributed by atoms with Crippen LogP contribution >= 0.6 is 34.7 Å². The highest BCUT2D eigenvalue weighted by Crippen LogP contribution is 2.33. The molecule has 0 unspecified atom stereocenters. The number of nitrogens with zero attached hydrogens (tertiary/aromatic N) is 1. The number of hydrogen-bond donors (Lipinski definition) is 1. The number of halogens is 1. The largest absolute Gasteiger partial charge is 0.465 e. The minimum atomic E-state index is -0.467. The minimum Gasteiger partial charge on any atom is -0.465 e. The van der Waals surface area contributed by atoms with E-state index in [1.807, 2.05) is 13.8 Å². The Morgan fingerprint density at radius 3 is 2.88 bits per heavy atom. The number of hydrogen-bond acceptors (Lipinski definition) is 7. The van der Waals surface area contributed by atoms with Gasteiger partial charge in [-0.1, -0.05) is 23.4 Å². The topological polar surface area (TPSA) is 81.4 Å². The van der Waals surface area contributed by atoms with Gasteiger partial charge in [-0.2, -0.15) is 0 Å². The van der Waals surface area contributed by atoms with Gasteiger partial charge in [-0.25, -0.2) is 9.78 Å². The first-order valence-electron chi connectivity index (χ1n) is 7.56. The maximum Gasteiger partial charge on any atom is 0.341 e. The average molecular weight is 411 g/mol. The molecule has 0 aliphatic heterocycles. The van der Waals surface area contributed by atoms with Crippen molar-refractivity contribution in [1.29, 1.82) is 0 Å². The fourth-order valence-electron chi connectivity index (χ4n) is 2.29. The maximum absolute atomic E-state index is 12.3. The molecule has 0 fully saturated rings. The molecule has 26 heavy (non-hydrogen) atoms. The quantitative estimate of drug-likeness (QED) is 0.486. The van der Waals surface area contributed by atoms with Gasteiger partial charge in [-0.15, -0.1) is 11.3 Å². The number of thiophene rings is 1. The second-order valence-electron chi connectivity index (χ2n) is 5.41. The Morgan fingerprint density at radius 1 is 1.38 bits per heavy atom. The van der Waals surface area contributed by atoms with Crippen molar-refractivity contribution in [2.75, 3.05) is 18.2 Å². The zero-order valence-corrected chi connectivity index (χ0v) is 16.6. The van der Waals surface area contributed by atoms with Crippen molar-refractivity contribution in [2.45, 2.75) is 19.1 Å². The average Bonchev–Trinajstić information content (AvgIpc) is 3.12. The van der Waals surface area contributed by atoms with E-state index in [1.54, 1.807) is 18.2 Å². The summed E-state index contributed by atoms with van der Waals surface area (Å²) in [6.07, 6.45) is 0. The molecule has 136 valence electrons. The molecule has 6 nitrogen and oxygen atoms in total. The lowest BCUT2D eigenvalue weighted by atomic mass is 10.1. The van der Waals surface area contributed by atoms with E-state index in [0.717, 1.165) is 10.4 Å². The van der Waals surface area contributed by atoms with E-state index >= 15 is 0 Å². The van der Waals surface area contributed by atoms with Gasteiger partial charge >= 0.3 is 5.97 Å². The van der Waals surface area contributed by atoms with Gasteiger partial charge in [0.1, 0.15) is 10.5 Å². The number of carbonyl (C=O) groups is 2. The first-order chi connectivity index (χ1) is 12.4. The number of anilines is 1. The molecule has 1 aromatic carbocycles. The summed E-state index contributed by atoms with van der Waals surface area (Å²) < 4.78 is 10.4. The highest BCUT2D eigenvalue weighted by atomic mass is 35.5. The number of carbonyl (C=O) groups excluding carboxylic acids is 2. The Labute approximate surface area is 162 Å². The third-order valence-electron chi connectivity index (χ3n) is 3.69. The lowest BCUT2D eigenvalue weighted by Gasteiger charge is -2.05. The number of oxazole rings is 1. The molecule has 1 amide bonds. The molecular weight excluding hydrogens is 396 g/mol. The van der Waals surface area contributed by atoms with E-state index in [9.17, 15) is 9.59 Å². The molecule has 0 bridgehead atoms. The molecule has 0 atom stereocenters. The highest BCUT2D eigenvalue weighted by molar-refractivity contribution is 7.99. The Bertz CT molecular complexity index is 996. The summed E-state index contributed by atoms with van der Waals surface area (Å²) in [4.78, 5) is 29.5. The third-order valence-corrected chi connectivity index (χ3v) is 5.87. The molecule has 2 aromatic heterocycles. The van der Waals surface area contributed by atoms with Gasteiger partial charge in [0, 0.05) is 16.0 Å². The summed E-state index contributed by atoms with van der Waals surface area (Å²) in [6.45, 7) is 3.71. The summed E-state index contributed by atoms with van der Waals surface area (Å²) in [5, 5.41) is 4.19. The van der Waals surface area contributed by atoms with Gasteiger partial charge in [-0.05, 0) is 31.5 Å². The highest BCUT2D eigenvalue weighted by Gasteiger charge is 2.21. The molecule has 2 heterocycles. The van der Waals surface area contributed by atoms with Crippen LogP contribution < -0.4 is 5.32 Å². The number of ether oxygens (including phenoxy) is 1. The third kappa shape index (κ3) is 3.87. The number of methoxy groups -OCH3 is 1. The van der Waals surface area contributed by atoms with Crippen LogP contribution in [0.25, 0.3) is 11.1 Å². The zero-order chi connectivity index (χ0) is 18.8. The van der Waals surface area contributed by atoms with E-state index < -0.39 is 5.97 Å². The Balaban J connectivity index is 1.69. The zero-order valence-electron chi connectivity index (χ0n) is 14.2. The molecule has 0 radical (unpaired) electrons. The number of rotatable bonds is 5. The van der Waals surface area contributed by atoms with Gasteiger partial charge in [0.05, 0.1) is 18.4 Å². The fraction of sp³-hybridized carbons (Fsp3) is 0.235. The van der Waals surface area contributed by atoms with E-state index in [2.05, 4.69) is 10.3 Å². The molecule has 3 rings (SSSR count). The number of fused-ring (bicyclic) bond motifs is 1. The van der Waals surface area contributed by atoms with E-state index in [1.165, 1.54) is 30.2 Å². The first kappa shape index (κ1) is 18.8. The van der Waals surface area contributed by atoms with Crippen LogP contribution in [0.1, 0.15) is 20.8 Å². The van der Waals surface area contributed by atoms with Crippen LogP contribution in [0.15, 0.2) is 27.8 Å². The van der Waals surface area contributed by atoms with Crippen molar-refractivity contribution in [3.63, 3.8) is 0 Å². The van der Waals surface area contributed by atoms with Crippen LogP contribution in [-0.4, -0.2) is 29.7 Å². The summed E-state index contributed by atoms with van der Waals surface area (Å²) in [5.74, 6) is -0.635. The first-order valence-corrected chi connectivity index (χ1v) is 9.74. The number of thioether (sulfide) groups is 1. The molecule has 0 aliphatic carbocycles. The molecule has 3 aromatic rings. The number of aromatic nitrogens is 1. The SMILES string of the molecule is COC(=O)c1c(NC(=O)CSc2nc3ccc(Cl)cc3o2)sc(C)c1C. The molecule has 1 N–H and O–H groups in total. The van der Waals surface area contributed by atoms with Gasteiger partial charge in [-0.3, -0.25) is 4.79 Å². The number of aryl methyl sites for hydroxylation is 1. The van der Waals surface area contributed by atoms with Gasteiger partial charge in [0.15, 0.2) is 5.58 Å². The van der Waals surface area contributed by atoms with E-state index in [-0.39, 0.29) is 11.7 Å². The van der Waals surface area contributed by atoms with Gasteiger partial charge in [0.2, 0.25) is 5.91 Å².